The van der Waals surface area contributed by atoms with Gasteiger partial charge in [-0.05, 0) is 72.8 Å². The molecule has 6 heteroatoms. The van der Waals surface area contributed by atoms with Gasteiger partial charge in [-0.2, -0.15) is 0 Å². The van der Waals surface area contributed by atoms with Crippen molar-refractivity contribution in [2.75, 3.05) is 5.32 Å². The van der Waals surface area contributed by atoms with Crippen molar-refractivity contribution in [1.82, 2.24) is 0 Å². The number of fused-ring (bicyclic) bond motifs is 7. The third kappa shape index (κ3) is 2.59. The second kappa shape index (κ2) is 6.30. The molecule has 2 saturated carbocycles. The Hall–Kier alpha value is -1.42. The molecule has 3 aliphatic rings. The second-order valence-electron chi connectivity index (χ2n) is 7.92. The smallest absolute Gasteiger partial charge is 0.337 e. The molecular weight excluding hydrogens is 405 g/mol. The molecule has 5 unspecified atom stereocenters. The zero-order chi connectivity index (χ0) is 18.9. The summed E-state index contributed by atoms with van der Waals surface area (Å²) in [6, 6.07) is 8.90. The number of aromatic carboxylic acids is 1. The van der Waals surface area contributed by atoms with E-state index in [4.69, 9.17) is 34.8 Å². The van der Waals surface area contributed by atoms with Crippen molar-refractivity contribution >= 4 is 46.5 Å². The molecule has 3 nitrogen and oxygen atoms in total. The standard InChI is InChI=1S/C21H18Cl3NO2/c22-11-7-12-16-9-4-5-10(6-9)17(16)20(18-14(23)2-1-3-15(18)24)25-19(12)13(8-11)21(26)27/h1-3,7-10,16-17,20,25H,4-6H2,(H,26,27). The average molecular weight is 423 g/mol. The molecule has 0 aromatic heterocycles. The molecule has 5 atom stereocenters. The van der Waals surface area contributed by atoms with Crippen LogP contribution in [0.4, 0.5) is 5.69 Å². The van der Waals surface area contributed by atoms with Crippen molar-refractivity contribution < 1.29 is 9.90 Å². The maximum atomic E-state index is 11.9. The molecule has 0 saturated heterocycles. The molecule has 2 aromatic carbocycles. The first-order valence-electron chi connectivity index (χ1n) is 9.23. The van der Waals surface area contributed by atoms with Crippen molar-refractivity contribution in [1.29, 1.82) is 0 Å². The molecule has 5 rings (SSSR count). The van der Waals surface area contributed by atoms with Gasteiger partial charge >= 0.3 is 5.97 Å². The minimum Gasteiger partial charge on any atom is -0.478 e. The Balaban J connectivity index is 1.74. The first-order valence-corrected chi connectivity index (χ1v) is 10.4. The summed E-state index contributed by atoms with van der Waals surface area (Å²) >= 11 is 19.4. The lowest BCUT2D eigenvalue weighted by molar-refractivity contribution is 0.0697. The highest BCUT2D eigenvalue weighted by Crippen LogP contribution is 2.65. The molecule has 0 radical (unpaired) electrons. The molecule has 0 amide bonds. The highest BCUT2D eigenvalue weighted by molar-refractivity contribution is 6.36. The van der Waals surface area contributed by atoms with Crippen LogP contribution in [0.25, 0.3) is 0 Å². The molecule has 1 heterocycles. The number of hydrogen-bond donors (Lipinski definition) is 2. The SMILES string of the molecule is O=C(O)c1cc(Cl)cc2c1NC(c1c(Cl)cccc1Cl)C1C3CCC(C3)C21. The average Bonchev–Trinajstić information content (AvgIpc) is 3.23. The number of benzene rings is 2. The normalized spacial score (nSPS) is 30.6. The summed E-state index contributed by atoms with van der Waals surface area (Å²) in [5.74, 6) is 0.796. The predicted octanol–water partition coefficient (Wildman–Crippen LogP) is 6.64. The largest absolute Gasteiger partial charge is 0.478 e. The Morgan fingerprint density at radius 1 is 1.07 bits per heavy atom. The first-order chi connectivity index (χ1) is 13.0. The molecule has 2 bridgehead atoms. The van der Waals surface area contributed by atoms with Crippen molar-refractivity contribution in [2.45, 2.75) is 31.2 Å². The maximum absolute atomic E-state index is 11.9. The summed E-state index contributed by atoms with van der Waals surface area (Å²) in [6.45, 7) is 0. The zero-order valence-electron chi connectivity index (χ0n) is 14.4. The van der Waals surface area contributed by atoms with Gasteiger partial charge < -0.3 is 10.4 Å². The number of carboxylic acid groups (broad SMARTS) is 1. The lowest BCUT2D eigenvalue weighted by Gasteiger charge is -2.44. The number of rotatable bonds is 2. The fourth-order valence-corrected chi connectivity index (χ4v) is 6.68. The van der Waals surface area contributed by atoms with Crippen LogP contribution in [0.5, 0.6) is 0 Å². The second-order valence-corrected chi connectivity index (χ2v) is 9.17. The van der Waals surface area contributed by atoms with Crippen molar-refractivity contribution in [3.05, 3.63) is 62.1 Å². The quantitative estimate of drug-likeness (QED) is 0.570. The van der Waals surface area contributed by atoms with Crippen molar-refractivity contribution in [3.8, 4) is 0 Å². The Bertz CT molecular complexity index is 940. The third-order valence-electron chi connectivity index (χ3n) is 6.70. The Morgan fingerprint density at radius 3 is 2.48 bits per heavy atom. The maximum Gasteiger partial charge on any atom is 0.337 e. The van der Waals surface area contributed by atoms with E-state index in [1.807, 2.05) is 24.3 Å². The summed E-state index contributed by atoms with van der Waals surface area (Å²) in [6.07, 6.45) is 3.56. The highest BCUT2D eigenvalue weighted by atomic mass is 35.5. The fourth-order valence-electron chi connectivity index (χ4n) is 5.82. The summed E-state index contributed by atoms with van der Waals surface area (Å²) in [4.78, 5) is 11.9. The molecular formula is C21H18Cl3NO2. The monoisotopic (exact) mass is 421 g/mol. The van der Waals surface area contributed by atoms with Crippen LogP contribution in [-0.2, 0) is 0 Å². The Kier molecular flexibility index (Phi) is 4.12. The number of halogens is 3. The van der Waals surface area contributed by atoms with Crippen LogP contribution < -0.4 is 5.32 Å². The fraction of sp³-hybridized carbons (Fsp3) is 0.381. The third-order valence-corrected chi connectivity index (χ3v) is 7.58. The highest BCUT2D eigenvalue weighted by Gasteiger charge is 2.54. The number of nitrogens with one attached hydrogen (secondary N) is 1. The van der Waals surface area contributed by atoms with Crippen molar-refractivity contribution in [2.24, 2.45) is 17.8 Å². The zero-order valence-corrected chi connectivity index (χ0v) is 16.7. The van der Waals surface area contributed by atoms with Gasteiger partial charge in [0.1, 0.15) is 0 Å². The van der Waals surface area contributed by atoms with E-state index in [-0.39, 0.29) is 17.5 Å². The van der Waals surface area contributed by atoms with E-state index in [2.05, 4.69) is 5.32 Å². The molecule has 0 spiro atoms. The van der Waals surface area contributed by atoms with Crippen molar-refractivity contribution in [3.63, 3.8) is 0 Å². The van der Waals surface area contributed by atoms with E-state index in [0.29, 0.717) is 38.5 Å². The minimum atomic E-state index is -0.980. The summed E-state index contributed by atoms with van der Waals surface area (Å²) in [5.41, 5.74) is 2.80. The lowest BCUT2D eigenvalue weighted by atomic mass is 9.67. The number of carboxylic acids is 1. The summed E-state index contributed by atoms with van der Waals surface area (Å²) < 4.78 is 0. The van der Waals surface area contributed by atoms with Gasteiger partial charge in [-0.3, -0.25) is 0 Å². The van der Waals surface area contributed by atoms with Gasteiger partial charge in [0.2, 0.25) is 0 Å². The van der Waals surface area contributed by atoms with Gasteiger partial charge in [-0.1, -0.05) is 40.9 Å². The van der Waals surface area contributed by atoms with Gasteiger partial charge in [0.25, 0.3) is 0 Å². The van der Waals surface area contributed by atoms with Gasteiger partial charge in [-0.15, -0.1) is 0 Å². The summed E-state index contributed by atoms with van der Waals surface area (Å²) in [7, 11) is 0. The van der Waals surface area contributed by atoms with Crippen LogP contribution in [0.1, 0.15) is 52.7 Å². The first kappa shape index (κ1) is 17.7. The van der Waals surface area contributed by atoms with Gasteiger partial charge in [0, 0.05) is 20.6 Å². The topological polar surface area (TPSA) is 49.3 Å². The summed E-state index contributed by atoms with van der Waals surface area (Å²) in [5, 5.41) is 15.0. The van der Waals surface area contributed by atoms with Crippen LogP contribution in [0.2, 0.25) is 15.1 Å². The van der Waals surface area contributed by atoms with Crippen LogP contribution in [0.3, 0.4) is 0 Å². The molecule has 2 fully saturated rings. The van der Waals surface area contributed by atoms with Crippen LogP contribution in [-0.4, -0.2) is 11.1 Å². The molecule has 2 aliphatic carbocycles. The Labute approximate surface area is 172 Å². The molecule has 27 heavy (non-hydrogen) atoms. The number of anilines is 1. The van der Waals surface area contributed by atoms with E-state index >= 15 is 0 Å². The Morgan fingerprint density at radius 2 is 1.78 bits per heavy atom. The number of carbonyl (C=O) groups is 1. The molecule has 2 N–H and O–H groups in total. The van der Waals surface area contributed by atoms with Crippen LogP contribution in [0, 0.1) is 17.8 Å². The van der Waals surface area contributed by atoms with Crippen LogP contribution >= 0.6 is 34.8 Å². The van der Waals surface area contributed by atoms with Gasteiger partial charge in [0.05, 0.1) is 17.3 Å². The van der Waals surface area contributed by atoms with Crippen LogP contribution in [0.15, 0.2) is 30.3 Å². The van der Waals surface area contributed by atoms with Gasteiger partial charge in [-0.25, -0.2) is 4.79 Å². The minimum absolute atomic E-state index is 0.0988. The lowest BCUT2D eigenvalue weighted by Crippen LogP contribution is -2.36. The van der Waals surface area contributed by atoms with E-state index < -0.39 is 5.97 Å². The molecule has 140 valence electrons. The molecule has 1 aliphatic heterocycles. The van der Waals surface area contributed by atoms with E-state index in [0.717, 1.165) is 11.1 Å². The molecule has 2 aromatic rings. The van der Waals surface area contributed by atoms with E-state index in [1.165, 1.54) is 25.3 Å². The van der Waals surface area contributed by atoms with Gasteiger partial charge in [0.15, 0.2) is 0 Å². The van der Waals surface area contributed by atoms with E-state index in [9.17, 15) is 9.90 Å². The number of hydrogen-bond acceptors (Lipinski definition) is 2. The van der Waals surface area contributed by atoms with E-state index in [1.54, 1.807) is 0 Å². The predicted molar refractivity (Wildman–Crippen MR) is 108 cm³/mol.